The van der Waals surface area contributed by atoms with Crippen molar-refractivity contribution in [1.29, 1.82) is 0 Å². The molecule has 4 rings (SSSR count). The highest BCUT2D eigenvalue weighted by Gasteiger charge is 2.18. The summed E-state index contributed by atoms with van der Waals surface area (Å²) in [6.45, 7) is -0.0377. The number of carbonyl (C=O) groups excluding carboxylic acids is 1. The van der Waals surface area contributed by atoms with Crippen LogP contribution in [0.25, 0.3) is 23.0 Å². The number of anilines is 1. The fraction of sp³-hybridized carbons (Fsp3) is 0.0500. The van der Waals surface area contributed by atoms with Crippen molar-refractivity contribution in [1.82, 2.24) is 9.78 Å². The van der Waals surface area contributed by atoms with E-state index in [1.165, 1.54) is 18.2 Å². The van der Waals surface area contributed by atoms with E-state index in [-0.39, 0.29) is 18.3 Å². The van der Waals surface area contributed by atoms with Gasteiger partial charge in [-0.15, -0.1) is 0 Å². The first-order chi connectivity index (χ1) is 13.5. The third-order valence-electron chi connectivity index (χ3n) is 4.10. The molecule has 2 heterocycles. The molecule has 0 atom stereocenters. The zero-order valence-electron chi connectivity index (χ0n) is 14.4. The number of aromatic nitrogens is 2. The van der Waals surface area contributed by atoms with Crippen LogP contribution in [0.15, 0.2) is 54.6 Å². The van der Waals surface area contributed by atoms with Crippen LogP contribution in [0.1, 0.15) is 5.69 Å². The highest BCUT2D eigenvalue weighted by molar-refractivity contribution is 5.96. The molecule has 0 radical (unpaired) electrons. The number of nitrogens with zero attached hydrogens (tertiary/aromatic N) is 2. The molecule has 0 unspecified atom stereocenters. The molecule has 8 heteroatoms. The lowest BCUT2D eigenvalue weighted by Crippen LogP contribution is -2.25. The lowest BCUT2D eigenvalue weighted by molar-refractivity contribution is -0.131. The van der Waals surface area contributed by atoms with Crippen LogP contribution in [-0.2, 0) is 9.59 Å². The van der Waals surface area contributed by atoms with Gasteiger partial charge >= 0.3 is 5.97 Å². The third-order valence-corrected chi connectivity index (χ3v) is 4.10. The summed E-state index contributed by atoms with van der Waals surface area (Å²) in [5.74, 6) is -1.16. The molecule has 1 amide bonds. The SMILES string of the molecule is O=C(O)C=Cc1cc(-c2ccc3c(c2)NC(=O)CO3)n(-c2ccc(F)cc2)n1. The molecule has 140 valence electrons. The molecule has 0 saturated heterocycles. The van der Waals surface area contributed by atoms with Gasteiger partial charge < -0.3 is 15.2 Å². The quantitative estimate of drug-likeness (QED) is 0.680. The van der Waals surface area contributed by atoms with Crippen molar-refractivity contribution in [3.63, 3.8) is 0 Å². The Hall–Kier alpha value is -3.94. The van der Waals surface area contributed by atoms with Gasteiger partial charge in [0.25, 0.3) is 5.91 Å². The molecular weight excluding hydrogens is 365 g/mol. The smallest absolute Gasteiger partial charge is 0.328 e. The second-order valence-corrected chi connectivity index (χ2v) is 6.06. The molecule has 1 aromatic heterocycles. The lowest BCUT2D eigenvalue weighted by atomic mass is 10.1. The third kappa shape index (κ3) is 3.48. The van der Waals surface area contributed by atoms with E-state index < -0.39 is 5.97 Å². The summed E-state index contributed by atoms with van der Waals surface area (Å²) in [4.78, 5) is 22.4. The van der Waals surface area contributed by atoms with Gasteiger partial charge in [0, 0.05) is 11.6 Å². The second kappa shape index (κ2) is 6.99. The standard InChI is InChI=1S/C20H14FN3O4/c21-13-2-5-15(6-3-13)24-17(10-14(23-24)4-8-20(26)27)12-1-7-18-16(9-12)22-19(25)11-28-18/h1-10H,11H2,(H,22,25)(H,26,27). The van der Waals surface area contributed by atoms with Gasteiger partial charge in [-0.25, -0.2) is 13.9 Å². The number of carbonyl (C=O) groups is 2. The highest BCUT2D eigenvalue weighted by atomic mass is 19.1. The number of hydrogen-bond acceptors (Lipinski definition) is 4. The van der Waals surface area contributed by atoms with Gasteiger partial charge in [-0.3, -0.25) is 4.79 Å². The van der Waals surface area contributed by atoms with E-state index in [0.29, 0.717) is 28.5 Å². The Bertz CT molecular complexity index is 1100. The van der Waals surface area contributed by atoms with Crippen molar-refractivity contribution in [2.45, 2.75) is 0 Å². The zero-order chi connectivity index (χ0) is 19.7. The Kier molecular flexibility index (Phi) is 4.36. The normalized spacial score (nSPS) is 13.1. The number of fused-ring (bicyclic) bond motifs is 1. The van der Waals surface area contributed by atoms with Gasteiger partial charge in [0.05, 0.1) is 22.8 Å². The summed E-state index contributed by atoms with van der Waals surface area (Å²) in [5, 5.41) is 16.0. The molecule has 2 aromatic carbocycles. The molecule has 1 aliphatic rings. The predicted octanol–water partition coefficient (Wildman–Crippen LogP) is 3.11. The van der Waals surface area contributed by atoms with Crippen LogP contribution in [-0.4, -0.2) is 33.4 Å². The number of aliphatic carboxylic acids is 1. The van der Waals surface area contributed by atoms with Gasteiger partial charge in [-0.2, -0.15) is 5.10 Å². The summed E-state index contributed by atoms with van der Waals surface area (Å²) in [5.41, 5.74) is 2.91. The molecule has 7 nitrogen and oxygen atoms in total. The molecular formula is C20H14FN3O4. The number of amides is 1. The minimum absolute atomic E-state index is 0.0377. The van der Waals surface area contributed by atoms with Gasteiger partial charge in [0.1, 0.15) is 11.6 Å². The van der Waals surface area contributed by atoms with Crippen LogP contribution in [0.4, 0.5) is 10.1 Å². The van der Waals surface area contributed by atoms with Gasteiger partial charge in [-0.1, -0.05) is 0 Å². The maximum Gasteiger partial charge on any atom is 0.328 e. The van der Waals surface area contributed by atoms with Crippen molar-refractivity contribution in [3.05, 3.63) is 66.1 Å². The summed E-state index contributed by atoms with van der Waals surface area (Å²) < 4.78 is 20.3. The highest BCUT2D eigenvalue weighted by Crippen LogP contribution is 2.34. The van der Waals surface area contributed by atoms with Crippen molar-refractivity contribution in [2.75, 3.05) is 11.9 Å². The first-order valence-electron chi connectivity index (χ1n) is 8.34. The Labute approximate surface area is 158 Å². The molecule has 28 heavy (non-hydrogen) atoms. The molecule has 0 saturated carbocycles. The molecule has 0 spiro atoms. The summed E-state index contributed by atoms with van der Waals surface area (Å²) in [6.07, 6.45) is 2.36. The van der Waals surface area contributed by atoms with Crippen molar-refractivity contribution < 1.29 is 23.8 Å². The largest absolute Gasteiger partial charge is 0.482 e. The second-order valence-electron chi connectivity index (χ2n) is 6.06. The summed E-state index contributed by atoms with van der Waals surface area (Å²) in [6, 6.07) is 12.8. The average molecular weight is 379 g/mol. The minimum Gasteiger partial charge on any atom is -0.482 e. The van der Waals surface area contributed by atoms with E-state index in [0.717, 1.165) is 11.6 Å². The van der Waals surface area contributed by atoms with E-state index in [2.05, 4.69) is 10.4 Å². The Balaban J connectivity index is 1.83. The Morgan fingerprint density at radius 2 is 2.00 bits per heavy atom. The first-order valence-corrected chi connectivity index (χ1v) is 8.34. The van der Waals surface area contributed by atoms with Crippen LogP contribution in [0.5, 0.6) is 5.75 Å². The molecule has 3 aromatic rings. The minimum atomic E-state index is -1.09. The number of hydrogen-bond donors (Lipinski definition) is 2. The number of carboxylic acids is 1. The lowest BCUT2D eigenvalue weighted by Gasteiger charge is -2.18. The molecule has 1 aliphatic heterocycles. The van der Waals surface area contributed by atoms with Crippen molar-refractivity contribution >= 4 is 23.6 Å². The average Bonchev–Trinajstić information content (AvgIpc) is 3.10. The van der Waals surface area contributed by atoms with Gasteiger partial charge in [0.15, 0.2) is 6.61 Å². The monoisotopic (exact) mass is 379 g/mol. The van der Waals surface area contributed by atoms with Crippen molar-refractivity contribution in [3.8, 4) is 22.7 Å². The number of rotatable bonds is 4. The maximum atomic E-state index is 13.3. The first kappa shape index (κ1) is 17.5. The van der Waals surface area contributed by atoms with Crippen molar-refractivity contribution in [2.24, 2.45) is 0 Å². The van der Waals surface area contributed by atoms with Gasteiger partial charge in [0.2, 0.25) is 0 Å². The number of carboxylic acid groups (broad SMARTS) is 1. The number of benzene rings is 2. The van der Waals surface area contributed by atoms with Gasteiger partial charge in [-0.05, 0) is 54.6 Å². The summed E-state index contributed by atoms with van der Waals surface area (Å²) >= 11 is 0. The predicted molar refractivity (Wildman–Crippen MR) is 99.8 cm³/mol. The molecule has 0 aliphatic carbocycles. The molecule has 0 bridgehead atoms. The van der Waals surface area contributed by atoms with E-state index in [1.54, 1.807) is 41.1 Å². The van der Waals surface area contributed by atoms with E-state index >= 15 is 0 Å². The Morgan fingerprint density at radius 1 is 1.21 bits per heavy atom. The molecule has 2 N–H and O–H groups in total. The van der Waals surface area contributed by atoms with E-state index in [4.69, 9.17) is 9.84 Å². The van der Waals surface area contributed by atoms with Crippen LogP contribution in [0.2, 0.25) is 0 Å². The fourth-order valence-corrected chi connectivity index (χ4v) is 2.86. The van der Waals surface area contributed by atoms with Crippen LogP contribution in [0.3, 0.4) is 0 Å². The fourth-order valence-electron chi connectivity index (χ4n) is 2.86. The summed E-state index contributed by atoms with van der Waals surface area (Å²) in [7, 11) is 0. The zero-order valence-corrected chi connectivity index (χ0v) is 14.4. The maximum absolute atomic E-state index is 13.3. The Morgan fingerprint density at radius 3 is 2.75 bits per heavy atom. The number of ether oxygens (including phenoxy) is 1. The molecule has 0 fully saturated rings. The van der Waals surface area contributed by atoms with Crippen LogP contribution in [0, 0.1) is 5.82 Å². The number of nitrogens with one attached hydrogen (secondary N) is 1. The van der Waals surface area contributed by atoms with E-state index in [9.17, 15) is 14.0 Å². The van der Waals surface area contributed by atoms with E-state index in [1.807, 2.05) is 0 Å². The number of halogens is 1. The topological polar surface area (TPSA) is 93.5 Å². The van der Waals surface area contributed by atoms with Crippen LogP contribution >= 0.6 is 0 Å². The van der Waals surface area contributed by atoms with Crippen LogP contribution < -0.4 is 10.1 Å².